The lowest BCUT2D eigenvalue weighted by molar-refractivity contribution is 0.582. The van der Waals surface area contributed by atoms with Crippen LogP contribution < -0.4 is 14.8 Å². The Hall–Kier alpha value is -2.80. The number of aromatic nitrogens is 1. The van der Waals surface area contributed by atoms with Gasteiger partial charge in [-0.2, -0.15) is 13.1 Å². The van der Waals surface area contributed by atoms with Gasteiger partial charge < -0.3 is 5.32 Å². The summed E-state index contributed by atoms with van der Waals surface area (Å²) >= 11 is 0. The van der Waals surface area contributed by atoms with Crippen molar-refractivity contribution < 1.29 is 25.6 Å². The molecular weight excluding hydrogens is 462 g/mol. The summed E-state index contributed by atoms with van der Waals surface area (Å²) in [6.07, 6.45) is 1.33. The van der Waals surface area contributed by atoms with E-state index in [9.17, 15) is 25.6 Å². The van der Waals surface area contributed by atoms with Gasteiger partial charge in [0, 0.05) is 30.9 Å². The van der Waals surface area contributed by atoms with Gasteiger partial charge in [0.15, 0.2) is 0 Å². The van der Waals surface area contributed by atoms with E-state index < -0.39 is 31.9 Å². The molecule has 0 aliphatic carbocycles. The van der Waals surface area contributed by atoms with Gasteiger partial charge in [0.2, 0.25) is 0 Å². The lowest BCUT2D eigenvalue weighted by atomic mass is 10.1. The maximum Gasteiger partial charge on any atom is 0.299 e. The molecule has 32 heavy (non-hydrogen) atoms. The number of hydrogen-bond donors (Lipinski definition) is 3. The molecule has 0 aliphatic rings. The highest BCUT2D eigenvalue weighted by atomic mass is 32.2. The van der Waals surface area contributed by atoms with E-state index in [1.165, 1.54) is 30.5 Å². The van der Waals surface area contributed by atoms with Crippen molar-refractivity contribution in [1.82, 2.24) is 14.0 Å². The first-order chi connectivity index (χ1) is 15.1. The van der Waals surface area contributed by atoms with Crippen LogP contribution in [-0.4, -0.2) is 34.4 Å². The summed E-state index contributed by atoms with van der Waals surface area (Å²) < 4.78 is 84.0. The largest absolute Gasteiger partial charge is 0.316 e. The van der Waals surface area contributed by atoms with E-state index in [4.69, 9.17) is 0 Å². The molecule has 0 saturated carbocycles. The Labute approximate surface area is 185 Å². The van der Waals surface area contributed by atoms with Crippen molar-refractivity contribution in [1.29, 1.82) is 0 Å². The maximum absolute atomic E-state index is 14.5. The van der Waals surface area contributed by atoms with Crippen molar-refractivity contribution in [3.63, 3.8) is 0 Å². The second-order valence-corrected chi connectivity index (χ2v) is 10.1. The number of rotatable bonds is 9. The van der Waals surface area contributed by atoms with Gasteiger partial charge in [0.05, 0.1) is 16.3 Å². The summed E-state index contributed by atoms with van der Waals surface area (Å²) in [5, 5.41) is 2.89. The third kappa shape index (κ3) is 5.15. The lowest BCUT2D eigenvalue weighted by Gasteiger charge is -2.13. The molecule has 12 heteroatoms. The quantitative estimate of drug-likeness (QED) is 0.433. The Morgan fingerprint density at radius 3 is 2.41 bits per heavy atom. The van der Waals surface area contributed by atoms with Crippen molar-refractivity contribution >= 4 is 25.9 Å². The summed E-state index contributed by atoms with van der Waals surface area (Å²) in [4.78, 5) is -0.218. The molecule has 2 aromatic carbocycles. The fraction of sp³-hybridized carbons (Fsp3) is 0.200. The fourth-order valence-electron chi connectivity index (χ4n) is 3.10. The molecule has 0 bridgehead atoms. The summed E-state index contributed by atoms with van der Waals surface area (Å²) in [6.45, 7) is 2.06. The van der Waals surface area contributed by atoms with E-state index in [-0.39, 0.29) is 28.4 Å². The Bertz CT molecular complexity index is 1340. The maximum atomic E-state index is 14.5. The van der Waals surface area contributed by atoms with Crippen LogP contribution in [0.5, 0.6) is 0 Å². The Balaban J connectivity index is 2.12. The van der Waals surface area contributed by atoms with Crippen LogP contribution >= 0.6 is 0 Å². The van der Waals surface area contributed by atoms with Crippen molar-refractivity contribution in [3.05, 3.63) is 71.9 Å². The molecular formula is C20H22F2N4O4S2. The van der Waals surface area contributed by atoms with Crippen LogP contribution in [0.1, 0.15) is 12.5 Å². The molecule has 0 amide bonds. The zero-order chi connectivity index (χ0) is 23.5. The minimum atomic E-state index is -4.26. The topological polar surface area (TPSA) is 109 Å². The average Bonchev–Trinajstić information content (AvgIpc) is 3.12. The molecule has 0 aliphatic heterocycles. The van der Waals surface area contributed by atoms with Crippen molar-refractivity contribution in [2.45, 2.75) is 18.4 Å². The molecule has 0 atom stereocenters. The smallest absolute Gasteiger partial charge is 0.299 e. The minimum absolute atomic E-state index is 0.00591. The molecule has 0 radical (unpaired) electrons. The van der Waals surface area contributed by atoms with Crippen LogP contribution in [0.2, 0.25) is 0 Å². The molecule has 0 fully saturated rings. The summed E-state index contributed by atoms with van der Waals surface area (Å²) in [5.74, 6) is -1.70. The Kier molecular flexibility index (Phi) is 6.98. The molecule has 8 nitrogen and oxygen atoms in total. The van der Waals surface area contributed by atoms with E-state index in [0.29, 0.717) is 18.2 Å². The molecule has 3 aromatic rings. The molecule has 1 heterocycles. The zero-order valence-corrected chi connectivity index (χ0v) is 18.9. The monoisotopic (exact) mass is 484 g/mol. The number of nitrogens with zero attached hydrogens (tertiary/aromatic N) is 1. The van der Waals surface area contributed by atoms with Crippen molar-refractivity contribution in [2.75, 3.05) is 18.3 Å². The van der Waals surface area contributed by atoms with Crippen LogP contribution in [0.15, 0.2) is 59.6 Å². The third-order valence-corrected chi connectivity index (χ3v) is 7.25. The number of anilines is 1. The second kappa shape index (κ2) is 9.36. The minimum Gasteiger partial charge on any atom is -0.316 e. The van der Waals surface area contributed by atoms with E-state index in [1.807, 2.05) is 0 Å². The second-order valence-electron chi connectivity index (χ2n) is 6.82. The van der Waals surface area contributed by atoms with Gasteiger partial charge in [-0.05, 0) is 49.0 Å². The predicted molar refractivity (Wildman–Crippen MR) is 118 cm³/mol. The molecule has 3 rings (SSSR count). The van der Waals surface area contributed by atoms with Gasteiger partial charge >= 0.3 is 0 Å². The van der Waals surface area contributed by atoms with Gasteiger partial charge in [-0.1, -0.05) is 13.0 Å². The van der Waals surface area contributed by atoms with Gasteiger partial charge in [-0.25, -0.2) is 21.2 Å². The van der Waals surface area contributed by atoms with Crippen LogP contribution in [0.3, 0.4) is 0 Å². The number of benzene rings is 2. The molecule has 1 aromatic heterocycles. The fourth-order valence-corrected chi connectivity index (χ4v) is 5.43. The van der Waals surface area contributed by atoms with E-state index >= 15 is 0 Å². The first-order valence-electron chi connectivity index (χ1n) is 9.51. The standard InChI is InChI=1S/C20H22F2N4O4S2/c1-3-24-32(29,30)25-16-5-4-6-17(11-16)31(27,28)26-13-14(12-23-2)9-20(26)18-8-7-15(21)10-19(18)22/h4-11,13,23-25H,3,12H2,1-2H3. The van der Waals surface area contributed by atoms with E-state index in [0.717, 1.165) is 22.2 Å². The van der Waals surface area contributed by atoms with Crippen molar-refractivity contribution in [3.8, 4) is 11.3 Å². The molecule has 0 spiro atoms. The van der Waals surface area contributed by atoms with Crippen LogP contribution in [0.4, 0.5) is 14.5 Å². The number of nitrogens with one attached hydrogen (secondary N) is 3. The van der Waals surface area contributed by atoms with Gasteiger partial charge in [-0.3, -0.25) is 4.72 Å². The first kappa shape index (κ1) is 23.9. The van der Waals surface area contributed by atoms with Gasteiger partial charge in [0.25, 0.3) is 20.2 Å². The van der Waals surface area contributed by atoms with E-state index in [2.05, 4.69) is 14.8 Å². The van der Waals surface area contributed by atoms with Crippen molar-refractivity contribution in [2.24, 2.45) is 0 Å². The highest BCUT2D eigenvalue weighted by Gasteiger charge is 2.24. The normalized spacial score (nSPS) is 12.1. The molecule has 172 valence electrons. The number of halogens is 2. The highest BCUT2D eigenvalue weighted by Crippen LogP contribution is 2.30. The summed E-state index contributed by atoms with van der Waals surface area (Å²) in [5.41, 5.74) is 0.496. The third-order valence-electron chi connectivity index (χ3n) is 4.41. The summed E-state index contributed by atoms with van der Waals surface area (Å²) in [7, 11) is -6.46. The molecule has 0 saturated heterocycles. The predicted octanol–water partition coefficient (Wildman–Crippen LogP) is 2.66. The Morgan fingerprint density at radius 1 is 1.00 bits per heavy atom. The average molecular weight is 485 g/mol. The van der Waals surface area contributed by atoms with Crippen LogP contribution in [0, 0.1) is 11.6 Å². The van der Waals surface area contributed by atoms with Gasteiger partial charge in [0.1, 0.15) is 11.6 Å². The first-order valence-corrected chi connectivity index (χ1v) is 12.4. The highest BCUT2D eigenvalue weighted by molar-refractivity contribution is 7.91. The van der Waals surface area contributed by atoms with E-state index in [1.54, 1.807) is 14.0 Å². The lowest BCUT2D eigenvalue weighted by Crippen LogP contribution is -2.29. The zero-order valence-electron chi connectivity index (χ0n) is 17.3. The number of hydrogen-bond acceptors (Lipinski definition) is 5. The SMILES string of the molecule is CCNS(=O)(=O)Nc1cccc(S(=O)(=O)n2cc(CNC)cc2-c2ccc(F)cc2F)c1. The van der Waals surface area contributed by atoms with Crippen LogP contribution in [0.25, 0.3) is 11.3 Å². The molecule has 0 unspecified atom stereocenters. The van der Waals surface area contributed by atoms with Crippen LogP contribution in [-0.2, 0) is 26.8 Å². The molecule has 3 N–H and O–H groups in total. The summed E-state index contributed by atoms with van der Waals surface area (Å²) in [6, 6.07) is 9.60. The van der Waals surface area contributed by atoms with Gasteiger partial charge in [-0.15, -0.1) is 0 Å². The Morgan fingerprint density at radius 2 is 1.75 bits per heavy atom.